The molecular formula is C16H10Br2FN3OS. The summed E-state index contributed by atoms with van der Waals surface area (Å²) >= 11 is 7.94. The molecular weight excluding hydrogens is 461 g/mol. The first-order chi connectivity index (χ1) is 11.5. The van der Waals surface area contributed by atoms with Crippen LogP contribution in [0.25, 0.3) is 11.3 Å². The van der Waals surface area contributed by atoms with Crippen LogP contribution < -0.4 is 5.43 Å². The summed E-state index contributed by atoms with van der Waals surface area (Å²) in [7, 11) is 0. The maximum absolute atomic E-state index is 12.9. The number of benzene rings is 2. The molecule has 1 heterocycles. The Hall–Kier alpha value is -1.77. The number of rotatable bonds is 4. The van der Waals surface area contributed by atoms with Gasteiger partial charge >= 0.3 is 0 Å². The van der Waals surface area contributed by atoms with E-state index in [2.05, 4.69) is 47.4 Å². The molecule has 0 saturated carbocycles. The van der Waals surface area contributed by atoms with Crippen molar-refractivity contribution in [1.82, 2.24) is 4.98 Å². The molecule has 0 atom stereocenters. The van der Waals surface area contributed by atoms with Gasteiger partial charge in [0.25, 0.3) is 0 Å². The second-order valence-electron chi connectivity index (χ2n) is 4.75. The third kappa shape index (κ3) is 4.00. The molecule has 2 aromatic carbocycles. The largest absolute Gasteiger partial charge is 0.506 e. The van der Waals surface area contributed by atoms with Crippen LogP contribution >= 0.6 is 43.2 Å². The Morgan fingerprint density at radius 1 is 1.17 bits per heavy atom. The summed E-state index contributed by atoms with van der Waals surface area (Å²) in [6, 6.07) is 9.67. The SMILES string of the molecule is Oc1c(Br)cc(C=NNc2nc(-c3ccc(F)cc3)cs2)cc1Br. The highest BCUT2D eigenvalue weighted by Gasteiger charge is 2.06. The molecule has 0 spiro atoms. The molecule has 24 heavy (non-hydrogen) atoms. The average Bonchev–Trinajstić information content (AvgIpc) is 3.02. The first-order valence-corrected chi connectivity index (χ1v) is 9.18. The maximum Gasteiger partial charge on any atom is 0.203 e. The van der Waals surface area contributed by atoms with E-state index in [1.165, 1.54) is 23.5 Å². The minimum absolute atomic E-state index is 0.143. The highest BCUT2D eigenvalue weighted by molar-refractivity contribution is 9.11. The van der Waals surface area contributed by atoms with Crippen LogP contribution in [0.3, 0.4) is 0 Å². The monoisotopic (exact) mass is 469 g/mol. The van der Waals surface area contributed by atoms with Gasteiger partial charge in [0, 0.05) is 10.9 Å². The fourth-order valence-corrected chi connectivity index (χ4v) is 3.79. The Balaban J connectivity index is 1.70. The number of phenols is 1. The zero-order valence-electron chi connectivity index (χ0n) is 12.0. The minimum Gasteiger partial charge on any atom is -0.506 e. The Kier molecular flexibility index (Phi) is 5.27. The highest BCUT2D eigenvalue weighted by Crippen LogP contribution is 2.32. The van der Waals surface area contributed by atoms with E-state index in [0.717, 1.165) is 16.8 Å². The van der Waals surface area contributed by atoms with Crippen LogP contribution in [0.4, 0.5) is 9.52 Å². The fraction of sp³-hybridized carbons (Fsp3) is 0. The minimum atomic E-state index is -0.275. The summed E-state index contributed by atoms with van der Waals surface area (Å²) in [5.41, 5.74) is 5.26. The van der Waals surface area contributed by atoms with E-state index in [-0.39, 0.29) is 11.6 Å². The van der Waals surface area contributed by atoms with E-state index in [9.17, 15) is 9.50 Å². The van der Waals surface area contributed by atoms with Crippen molar-refractivity contribution < 1.29 is 9.50 Å². The third-order valence-electron chi connectivity index (χ3n) is 3.06. The number of aromatic hydroxyl groups is 1. The summed E-state index contributed by atoms with van der Waals surface area (Å²) in [5, 5.41) is 16.3. The number of hydrogen-bond donors (Lipinski definition) is 2. The molecule has 0 aliphatic heterocycles. The number of aromatic nitrogens is 1. The van der Waals surface area contributed by atoms with E-state index < -0.39 is 0 Å². The molecule has 0 fully saturated rings. The van der Waals surface area contributed by atoms with Crippen molar-refractivity contribution in [3.8, 4) is 17.0 Å². The molecule has 8 heteroatoms. The first-order valence-electron chi connectivity index (χ1n) is 6.71. The number of hydrogen-bond acceptors (Lipinski definition) is 5. The van der Waals surface area contributed by atoms with Crippen molar-refractivity contribution in [3.05, 3.63) is 62.1 Å². The van der Waals surface area contributed by atoms with Gasteiger partial charge in [0.2, 0.25) is 5.13 Å². The van der Waals surface area contributed by atoms with Crippen LogP contribution in [0.15, 0.2) is 55.8 Å². The Labute approximate surface area is 158 Å². The van der Waals surface area contributed by atoms with Gasteiger partial charge in [0.05, 0.1) is 20.9 Å². The van der Waals surface area contributed by atoms with E-state index in [1.54, 1.807) is 30.5 Å². The molecule has 4 nitrogen and oxygen atoms in total. The quantitative estimate of drug-likeness (QED) is 0.384. The number of phenolic OH excluding ortho intramolecular Hbond substituents is 1. The number of thiazole rings is 1. The lowest BCUT2D eigenvalue weighted by Gasteiger charge is -2.01. The number of nitrogens with one attached hydrogen (secondary N) is 1. The van der Waals surface area contributed by atoms with E-state index in [4.69, 9.17) is 0 Å². The van der Waals surface area contributed by atoms with Crippen molar-refractivity contribution in [2.45, 2.75) is 0 Å². The number of nitrogens with zero attached hydrogens (tertiary/aromatic N) is 2. The lowest BCUT2D eigenvalue weighted by molar-refractivity contribution is 0.468. The standard InChI is InChI=1S/C16H10Br2FN3OS/c17-12-5-9(6-13(18)15(12)23)7-20-22-16-21-14(8-24-16)10-1-3-11(19)4-2-10/h1-8,23H,(H,21,22). The summed E-state index contributed by atoms with van der Waals surface area (Å²) in [6.07, 6.45) is 1.62. The average molecular weight is 471 g/mol. The van der Waals surface area contributed by atoms with Crippen molar-refractivity contribution in [1.29, 1.82) is 0 Å². The molecule has 3 aromatic rings. The Bertz CT molecular complexity index is 874. The summed E-state index contributed by atoms with van der Waals surface area (Å²) in [4.78, 5) is 4.40. The van der Waals surface area contributed by atoms with Crippen LogP contribution in [0.5, 0.6) is 5.75 Å². The number of anilines is 1. The maximum atomic E-state index is 12.9. The topological polar surface area (TPSA) is 57.5 Å². The molecule has 2 N–H and O–H groups in total. The normalized spacial score (nSPS) is 11.1. The third-order valence-corrected chi connectivity index (χ3v) is 5.01. The van der Waals surface area contributed by atoms with E-state index in [0.29, 0.717) is 14.1 Å². The number of hydrazone groups is 1. The van der Waals surface area contributed by atoms with Crippen molar-refractivity contribution in [3.63, 3.8) is 0 Å². The summed E-state index contributed by atoms with van der Waals surface area (Å²) < 4.78 is 14.1. The number of halogens is 3. The fourth-order valence-electron chi connectivity index (χ4n) is 1.90. The summed E-state index contributed by atoms with van der Waals surface area (Å²) in [5.74, 6) is -0.132. The van der Waals surface area contributed by atoms with Crippen LogP contribution in [-0.2, 0) is 0 Å². The van der Waals surface area contributed by atoms with Gasteiger partial charge in [-0.25, -0.2) is 9.37 Å². The van der Waals surface area contributed by atoms with Crippen LogP contribution in [0, 0.1) is 5.82 Å². The molecule has 0 amide bonds. The molecule has 1 aromatic heterocycles. The molecule has 0 unspecified atom stereocenters. The smallest absolute Gasteiger partial charge is 0.203 e. The van der Waals surface area contributed by atoms with Crippen molar-refractivity contribution in [2.75, 3.05) is 5.43 Å². The molecule has 3 rings (SSSR count). The molecule has 0 aliphatic rings. The van der Waals surface area contributed by atoms with E-state index >= 15 is 0 Å². The van der Waals surface area contributed by atoms with Crippen LogP contribution in [-0.4, -0.2) is 16.3 Å². The summed E-state index contributed by atoms with van der Waals surface area (Å²) in [6.45, 7) is 0. The Morgan fingerprint density at radius 2 is 1.83 bits per heavy atom. The van der Waals surface area contributed by atoms with Gasteiger partial charge in [-0.2, -0.15) is 5.10 Å². The molecule has 0 bridgehead atoms. The predicted molar refractivity (Wildman–Crippen MR) is 102 cm³/mol. The molecule has 0 aliphatic carbocycles. The van der Waals surface area contributed by atoms with Gasteiger partial charge in [0.15, 0.2) is 0 Å². The predicted octanol–water partition coefficient (Wildman–Crippen LogP) is 5.63. The second-order valence-corrected chi connectivity index (χ2v) is 7.31. The van der Waals surface area contributed by atoms with Gasteiger partial charge in [-0.05, 0) is 73.8 Å². The molecule has 122 valence electrons. The van der Waals surface area contributed by atoms with Crippen molar-refractivity contribution in [2.24, 2.45) is 5.10 Å². The zero-order valence-corrected chi connectivity index (χ0v) is 16.0. The highest BCUT2D eigenvalue weighted by atomic mass is 79.9. The lowest BCUT2D eigenvalue weighted by Crippen LogP contribution is -1.91. The molecule has 0 saturated heterocycles. The first kappa shape index (κ1) is 17.1. The lowest BCUT2D eigenvalue weighted by atomic mass is 10.2. The van der Waals surface area contributed by atoms with Gasteiger partial charge in [0.1, 0.15) is 11.6 Å². The second kappa shape index (κ2) is 7.42. The van der Waals surface area contributed by atoms with Crippen molar-refractivity contribution >= 4 is 54.5 Å². The van der Waals surface area contributed by atoms with Crippen LogP contribution in [0.1, 0.15) is 5.56 Å². The molecule has 0 radical (unpaired) electrons. The van der Waals surface area contributed by atoms with Gasteiger partial charge in [-0.15, -0.1) is 11.3 Å². The van der Waals surface area contributed by atoms with Gasteiger partial charge in [-0.3, -0.25) is 5.43 Å². The van der Waals surface area contributed by atoms with Crippen LogP contribution in [0.2, 0.25) is 0 Å². The Morgan fingerprint density at radius 3 is 2.50 bits per heavy atom. The van der Waals surface area contributed by atoms with Gasteiger partial charge in [-0.1, -0.05) is 0 Å². The zero-order chi connectivity index (χ0) is 17.1. The van der Waals surface area contributed by atoms with E-state index in [1.807, 2.05) is 5.38 Å². The van der Waals surface area contributed by atoms with Gasteiger partial charge < -0.3 is 5.11 Å².